The molecule has 7 heterocycles. The highest BCUT2D eigenvalue weighted by atomic mass is 32.2. The van der Waals surface area contributed by atoms with Crippen LogP contribution >= 0.6 is 0 Å². The maximum Gasteiger partial charge on any atom is 0.291 e. The first-order chi connectivity index (χ1) is 19.7. The number of nitrogen functional groups attached to an aromatic ring is 1. The number of nitrogens with zero attached hydrogens (tertiary/aromatic N) is 11. The quantitative estimate of drug-likeness (QED) is 0.296. The van der Waals surface area contributed by atoms with Gasteiger partial charge in [0.05, 0.1) is 18.9 Å². The average molecular weight is 576 g/mol. The fourth-order valence-corrected chi connectivity index (χ4v) is 7.17. The van der Waals surface area contributed by atoms with Crippen LogP contribution in [0, 0.1) is 0 Å². The van der Waals surface area contributed by atoms with Gasteiger partial charge < -0.3 is 10.6 Å². The summed E-state index contributed by atoms with van der Waals surface area (Å²) in [5, 5.41) is 22.8. The highest BCUT2D eigenvalue weighted by Crippen LogP contribution is 2.45. The second-order valence-corrected chi connectivity index (χ2v) is 12.4. The Morgan fingerprint density at radius 1 is 1.12 bits per heavy atom. The first-order valence-electron chi connectivity index (χ1n) is 12.9. The number of anilines is 1. The lowest BCUT2D eigenvalue weighted by Gasteiger charge is -2.38. The van der Waals surface area contributed by atoms with E-state index < -0.39 is 9.84 Å². The van der Waals surface area contributed by atoms with E-state index in [4.69, 9.17) is 10.7 Å². The molecule has 7 rings (SSSR count). The van der Waals surface area contributed by atoms with E-state index in [1.54, 1.807) is 25.5 Å². The Morgan fingerprint density at radius 3 is 2.51 bits per heavy atom. The van der Waals surface area contributed by atoms with Crippen LogP contribution in [0.4, 0.5) is 5.82 Å². The van der Waals surface area contributed by atoms with Crippen molar-refractivity contribution in [3.63, 3.8) is 0 Å². The molecule has 2 bridgehead atoms. The van der Waals surface area contributed by atoms with Crippen LogP contribution in [0.3, 0.4) is 0 Å². The number of aryl methyl sites for hydroxylation is 1. The zero-order valence-corrected chi connectivity index (χ0v) is 22.9. The Labute approximate surface area is 232 Å². The molecule has 1 unspecified atom stereocenters. The van der Waals surface area contributed by atoms with E-state index in [0.717, 1.165) is 19.1 Å². The van der Waals surface area contributed by atoms with Crippen molar-refractivity contribution < 1.29 is 13.2 Å². The molecule has 3 atom stereocenters. The first kappa shape index (κ1) is 25.2. The van der Waals surface area contributed by atoms with Gasteiger partial charge in [-0.05, 0) is 37.0 Å². The molecular formula is C24H25N13O3S. The molecule has 16 nitrogen and oxygen atoms in total. The summed E-state index contributed by atoms with van der Waals surface area (Å²) in [4.78, 5) is 29.7. The standard InChI is InChI=1S/C24H25N13O3S/c1-35-33-21(32-34-35)17-6-3-12(9-26-17)16-10-29-37-20(25)19(41(2,39)40)18(30-23(16)37)13-7-14-4-5-15(8-13)36(14)24(38)22-27-11-28-31-22/h3,6,9-11,13-15H,4-5,7-8,25H2,1-2H3,(H,27,28,31)/t13?,14-,15+. The molecule has 5 aromatic rings. The van der Waals surface area contributed by atoms with Crippen LogP contribution in [0.1, 0.15) is 47.9 Å². The van der Waals surface area contributed by atoms with Gasteiger partial charge in [0, 0.05) is 41.6 Å². The number of aromatic amines is 1. The maximum atomic E-state index is 13.1. The number of hydrogen-bond donors (Lipinski definition) is 2. The number of aromatic nitrogens is 11. The topological polar surface area (TPSA) is 209 Å². The number of hydrogen-bond acceptors (Lipinski definition) is 12. The van der Waals surface area contributed by atoms with Crippen LogP contribution in [0.15, 0.2) is 35.7 Å². The molecule has 0 saturated carbocycles. The predicted octanol–water partition coefficient (Wildman–Crippen LogP) is 0.636. The molecule has 0 radical (unpaired) electrons. The zero-order valence-electron chi connectivity index (χ0n) is 22.1. The smallest absolute Gasteiger partial charge is 0.291 e. The summed E-state index contributed by atoms with van der Waals surface area (Å²) in [6.45, 7) is 0. The SMILES string of the molecule is Cn1nnc(-c2ccc(-c3cnn4c(N)c(S(C)(=O)=O)c(C5C[C@H]6CC[C@@H](C5)N6C(=O)c5ncn[nH]5)nc34)cn2)n1. The van der Waals surface area contributed by atoms with Crippen molar-refractivity contribution in [3.8, 4) is 22.6 Å². The van der Waals surface area contributed by atoms with E-state index in [9.17, 15) is 13.2 Å². The summed E-state index contributed by atoms with van der Waals surface area (Å²) in [6.07, 6.45) is 8.39. The summed E-state index contributed by atoms with van der Waals surface area (Å²) in [6, 6.07) is 3.44. The Bertz CT molecular complexity index is 1880. The maximum absolute atomic E-state index is 13.1. The number of H-pyrrole nitrogens is 1. The fraction of sp³-hybridized carbons (Fsp3) is 0.375. The lowest BCUT2D eigenvalue weighted by Crippen LogP contribution is -2.46. The number of nitrogens with two attached hydrogens (primary N) is 1. The minimum absolute atomic E-state index is 0.000368. The molecule has 1 amide bonds. The Balaban J connectivity index is 1.28. The van der Waals surface area contributed by atoms with Gasteiger partial charge in [-0.25, -0.2) is 18.4 Å². The highest BCUT2D eigenvalue weighted by Gasteiger charge is 2.46. The van der Waals surface area contributed by atoms with Crippen molar-refractivity contribution in [2.75, 3.05) is 12.0 Å². The minimum atomic E-state index is -3.76. The van der Waals surface area contributed by atoms with E-state index in [1.165, 1.54) is 15.6 Å². The van der Waals surface area contributed by atoms with Gasteiger partial charge >= 0.3 is 0 Å². The summed E-state index contributed by atoms with van der Waals surface area (Å²) in [5.41, 5.74) is 9.21. The van der Waals surface area contributed by atoms with Gasteiger partial charge in [0.1, 0.15) is 22.7 Å². The van der Waals surface area contributed by atoms with Gasteiger partial charge in [-0.1, -0.05) is 6.07 Å². The van der Waals surface area contributed by atoms with Gasteiger partial charge in [-0.15, -0.1) is 10.2 Å². The van der Waals surface area contributed by atoms with Gasteiger partial charge in [-0.3, -0.25) is 14.9 Å². The lowest BCUT2D eigenvalue weighted by atomic mass is 9.87. The Morgan fingerprint density at radius 2 is 1.90 bits per heavy atom. The third-order valence-corrected chi connectivity index (χ3v) is 8.98. The normalized spacial score (nSPS) is 20.6. The molecule has 2 aliphatic rings. The second-order valence-electron chi connectivity index (χ2n) is 10.4. The van der Waals surface area contributed by atoms with Gasteiger partial charge in [0.2, 0.25) is 11.6 Å². The molecule has 2 aliphatic heterocycles. The molecule has 17 heteroatoms. The van der Waals surface area contributed by atoms with Gasteiger partial charge in [0.15, 0.2) is 15.5 Å². The van der Waals surface area contributed by atoms with E-state index in [1.807, 2.05) is 11.0 Å². The fourth-order valence-electron chi connectivity index (χ4n) is 6.11. The Hall–Kier alpha value is -4.80. The summed E-state index contributed by atoms with van der Waals surface area (Å²) in [5.74, 6) is 0.156. The van der Waals surface area contributed by atoms with Crippen molar-refractivity contribution in [2.45, 2.75) is 48.6 Å². The average Bonchev–Trinajstić information content (AvgIpc) is 3.74. The number of tetrazole rings is 1. The van der Waals surface area contributed by atoms with Crippen molar-refractivity contribution in [1.82, 2.24) is 59.9 Å². The number of carbonyl (C=O) groups is 1. The Kier molecular flexibility index (Phi) is 5.60. The molecule has 210 valence electrons. The molecule has 41 heavy (non-hydrogen) atoms. The summed E-state index contributed by atoms with van der Waals surface area (Å²) >= 11 is 0. The number of sulfone groups is 1. The largest absolute Gasteiger partial charge is 0.382 e. The second kappa shape index (κ2) is 9.12. The molecule has 0 aliphatic carbocycles. The number of amides is 1. The van der Waals surface area contributed by atoms with Crippen LogP contribution in [-0.2, 0) is 16.9 Å². The molecule has 2 fully saturated rings. The number of nitrogens with one attached hydrogen (secondary N) is 1. The number of carbonyl (C=O) groups excluding carboxylic acids is 1. The molecular weight excluding hydrogens is 550 g/mol. The van der Waals surface area contributed by atoms with Crippen molar-refractivity contribution >= 4 is 27.2 Å². The van der Waals surface area contributed by atoms with Crippen molar-refractivity contribution in [1.29, 1.82) is 0 Å². The minimum Gasteiger partial charge on any atom is -0.382 e. The third-order valence-electron chi connectivity index (χ3n) is 7.82. The van der Waals surface area contributed by atoms with E-state index in [-0.39, 0.29) is 40.4 Å². The molecule has 5 aromatic heterocycles. The zero-order chi connectivity index (χ0) is 28.5. The predicted molar refractivity (Wildman–Crippen MR) is 143 cm³/mol. The number of rotatable bonds is 5. The summed E-state index contributed by atoms with van der Waals surface area (Å²) < 4.78 is 27.4. The van der Waals surface area contributed by atoms with Crippen LogP contribution in [-0.4, -0.2) is 92.5 Å². The number of pyridine rings is 1. The molecule has 0 aromatic carbocycles. The van der Waals surface area contributed by atoms with E-state index in [0.29, 0.717) is 46.8 Å². The lowest BCUT2D eigenvalue weighted by molar-refractivity contribution is 0.0556. The van der Waals surface area contributed by atoms with Crippen LogP contribution in [0.25, 0.3) is 28.3 Å². The van der Waals surface area contributed by atoms with E-state index >= 15 is 0 Å². The van der Waals surface area contributed by atoms with Crippen LogP contribution in [0.2, 0.25) is 0 Å². The number of fused-ring (bicyclic) bond motifs is 3. The number of piperidine rings is 1. The van der Waals surface area contributed by atoms with Crippen molar-refractivity contribution in [3.05, 3.63) is 42.4 Å². The third kappa shape index (κ3) is 4.11. The highest BCUT2D eigenvalue weighted by molar-refractivity contribution is 7.91. The molecule has 0 spiro atoms. The molecule has 3 N–H and O–H groups in total. The first-order valence-corrected chi connectivity index (χ1v) is 14.8. The van der Waals surface area contributed by atoms with Crippen LogP contribution in [0.5, 0.6) is 0 Å². The van der Waals surface area contributed by atoms with Gasteiger partial charge in [0.25, 0.3) is 5.91 Å². The van der Waals surface area contributed by atoms with Gasteiger partial charge in [-0.2, -0.15) is 19.5 Å². The van der Waals surface area contributed by atoms with E-state index in [2.05, 4.69) is 40.7 Å². The van der Waals surface area contributed by atoms with Crippen LogP contribution < -0.4 is 5.73 Å². The monoisotopic (exact) mass is 575 g/mol. The summed E-state index contributed by atoms with van der Waals surface area (Å²) in [7, 11) is -2.09. The molecule has 2 saturated heterocycles. The van der Waals surface area contributed by atoms with Crippen molar-refractivity contribution in [2.24, 2.45) is 7.05 Å².